The molecule has 0 radical (unpaired) electrons. The molecule has 0 aliphatic carbocycles. The Kier molecular flexibility index (Phi) is 6.31. The number of likely N-dealkylation sites (N-methyl/N-ethyl adjacent to an activating group) is 1. The standard InChI is InChI=1S/C14H21BrN2O2/c1-9(2)6-12(14(19)16-3)17-8-10-4-5-13(18)11(15)7-10/h4-5,7,9,12,17-18H,6,8H2,1-3H3,(H,16,19). The van der Waals surface area contributed by atoms with Gasteiger partial charge in [-0.1, -0.05) is 19.9 Å². The molecule has 1 amide bonds. The third-order valence-electron chi connectivity index (χ3n) is 2.83. The summed E-state index contributed by atoms with van der Waals surface area (Å²) in [6.45, 7) is 4.77. The van der Waals surface area contributed by atoms with Crippen molar-refractivity contribution in [3.63, 3.8) is 0 Å². The highest BCUT2D eigenvalue weighted by Crippen LogP contribution is 2.24. The largest absolute Gasteiger partial charge is 0.507 e. The summed E-state index contributed by atoms with van der Waals surface area (Å²) in [5, 5.41) is 15.4. The number of amides is 1. The maximum absolute atomic E-state index is 11.8. The number of hydrogen-bond donors (Lipinski definition) is 3. The Hall–Kier alpha value is -1.07. The van der Waals surface area contributed by atoms with Gasteiger partial charge in [-0.05, 0) is 46.0 Å². The van der Waals surface area contributed by atoms with Crippen LogP contribution in [0.2, 0.25) is 0 Å². The number of nitrogens with one attached hydrogen (secondary N) is 2. The molecule has 0 aliphatic rings. The SMILES string of the molecule is CNC(=O)C(CC(C)C)NCc1ccc(O)c(Br)c1. The lowest BCUT2D eigenvalue weighted by atomic mass is 10.0. The van der Waals surface area contributed by atoms with Crippen LogP contribution in [-0.2, 0) is 11.3 Å². The molecule has 5 heteroatoms. The Labute approximate surface area is 122 Å². The first kappa shape index (κ1) is 16.0. The summed E-state index contributed by atoms with van der Waals surface area (Å²) >= 11 is 3.28. The smallest absolute Gasteiger partial charge is 0.236 e. The number of aromatic hydroxyl groups is 1. The molecule has 0 saturated heterocycles. The van der Waals surface area contributed by atoms with Crippen LogP contribution in [0.3, 0.4) is 0 Å². The van der Waals surface area contributed by atoms with Gasteiger partial charge < -0.3 is 15.7 Å². The molecular formula is C14H21BrN2O2. The average molecular weight is 329 g/mol. The van der Waals surface area contributed by atoms with E-state index >= 15 is 0 Å². The summed E-state index contributed by atoms with van der Waals surface area (Å²) in [4.78, 5) is 11.8. The molecule has 19 heavy (non-hydrogen) atoms. The van der Waals surface area contributed by atoms with Crippen molar-refractivity contribution in [2.24, 2.45) is 5.92 Å². The highest BCUT2D eigenvalue weighted by atomic mass is 79.9. The summed E-state index contributed by atoms with van der Waals surface area (Å²) in [5.74, 6) is 0.668. The van der Waals surface area contributed by atoms with Gasteiger partial charge in [-0.3, -0.25) is 4.79 Å². The minimum Gasteiger partial charge on any atom is -0.507 e. The Morgan fingerprint density at radius 1 is 1.42 bits per heavy atom. The summed E-state index contributed by atoms with van der Waals surface area (Å²) in [5.41, 5.74) is 1.02. The maximum Gasteiger partial charge on any atom is 0.236 e. The Morgan fingerprint density at radius 2 is 2.11 bits per heavy atom. The van der Waals surface area contributed by atoms with Crippen LogP contribution in [-0.4, -0.2) is 24.1 Å². The second-order valence-corrected chi connectivity index (χ2v) is 5.82. The van der Waals surface area contributed by atoms with Gasteiger partial charge in [-0.25, -0.2) is 0 Å². The molecule has 0 aromatic heterocycles. The second kappa shape index (κ2) is 7.50. The number of benzene rings is 1. The number of carbonyl (C=O) groups is 1. The van der Waals surface area contributed by atoms with Crippen molar-refractivity contribution in [1.29, 1.82) is 0 Å². The topological polar surface area (TPSA) is 61.4 Å². The molecule has 1 aromatic carbocycles. The third kappa shape index (κ3) is 5.20. The van der Waals surface area contributed by atoms with Crippen LogP contribution in [0.5, 0.6) is 5.75 Å². The highest BCUT2D eigenvalue weighted by molar-refractivity contribution is 9.10. The van der Waals surface area contributed by atoms with E-state index in [-0.39, 0.29) is 17.7 Å². The number of hydrogen-bond acceptors (Lipinski definition) is 3. The molecule has 0 fully saturated rings. The fourth-order valence-corrected chi connectivity index (χ4v) is 2.26. The van der Waals surface area contributed by atoms with E-state index in [1.807, 2.05) is 12.1 Å². The molecule has 0 bridgehead atoms. The minimum absolute atomic E-state index is 0.00606. The van der Waals surface area contributed by atoms with Crippen molar-refractivity contribution in [2.75, 3.05) is 7.05 Å². The first-order chi connectivity index (χ1) is 8.93. The molecule has 0 spiro atoms. The molecular weight excluding hydrogens is 308 g/mol. The monoisotopic (exact) mass is 328 g/mol. The maximum atomic E-state index is 11.8. The second-order valence-electron chi connectivity index (χ2n) is 4.96. The first-order valence-electron chi connectivity index (χ1n) is 6.36. The van der Waals surface area contributed by atoms with Gasteiger partial charge in [0.2, 0.25) is 5.91 Å². The molecule has 0 heterocycles. The van der Waals surface area contributed by atoms with Gasteiger partial charge in [0.25, 0.3) is 0 Å². The van der Waals surface area contributed by atoms with Gasteiger partial charge >= 0.3 is 0 Å². The van der Waals surface area contributed by atoms with Crippen molar-refractivity contribution in [3.8, 4) is 5.75 Å². The zero-order chi connectivity index (χ0) is 14.4. The van der Waals surface area contributed by atoms with Crippen molar-refractivity contribution in [1.82, 2.24) is 10.6 Å². The third-order valence-corrected chi connectivity index (χ3v) is 3.47. The number of rotatable bonds is 6. The van der Waals surface area contributed by atoms with Gasteiger partial charge in [-0.2, -0.15) is 0 Å². The Bertz CT molecular complexity index is 435. The van der Waals surface area contributed by atoms with Crippen molar-refractivity contribution < 1.29 is 9.90 Å². The quantitative estimate of drug-likeness (QED) is 0.751. The number of halogens is 1. The van der Waals surface area contributed by atoms with E-state index in [1.165, 1.54) is 0 Å². The summed E-state index contributed by atoms with van der Waals surface area (Å²) < 4.78 is 0.659. The zero-order valence-electron chi connectivity index (χ0n) is 11.5. The van der Waals surface area contributed by atoms with Crippen LogP contribution >= 0.6 is 15.9 Å². The lowest BCUT2D eigenvalue weighted by Crippen LogP contribution is -2.43. The van der Waals surface area contributed by atoms with Crippen LogP contribution in [0.25, 0.3) is 0 Å². The Balaban J connectivity index is 2.64. The number of phenols is 1. The van der Waals surface area contributed by atoms with Crippen LogP contribution < -0.4 is 10.6 Å². The van der Waals surface area contributed by atoms with E-state index in [0.717, 1.165) is 12.0 Å². The van der Waals surface area contributed by atoms with Crippen molar-refractivity contribution in [3.05, 3.63) is 28.2 Å². The predicted molar refractivity (Wildman–Crippen MR) is 80.0 cm³/mol. The fourth-order valence-electron chi connectivity index (χ4n) is 1.83. The average Bonchev–Trinajstić information content (AvgIpc) is 2.37. The van der Waals surface area contributed by atoms with E-state index in [0.29, 0.717) is 16.9 Å². The minimum atomic E-state index is -0.197. The molecule has 1 rings (SSSR count). The van der Waals surface area contributed by atoms with E-state index in [4.69, 9.17) is 0 Å². The molecule has 1 unspecified atom stereocenters. The molecule has 106 valence electrons. The summed E-state index contributed by atoms with van der Waals surface area (Å²) in [6.07, 6.45) is 0.791. The van der Waals surface area contributed by atoms with Gasteiger partial charge in [0.15, 0.2) is 0 Å². The lowest BCUT2D eigenvalue weighted by Gasteiger charge is -2.19. The van der Waals surface area contributed by atoms with Crippen LogP contribution in [0.15, 0.2) is 22.7 Å². The molecule has 3 N–H and O–H groups in total. The molecule has 0 aliphatic heterocycles. The van der Waals surface area contributed by atoms with E-state index in [1.54, 1.807) is 13.1 Å². The summed E-state index contributed by atoms with van der Waals surface area (Å²) in [7, 11) is 1.65. The lowest BCUT2D eigenvalue weighted by molar-refractivity contribution is -0.123. The molecule has 1 aromatic rings. The Morgan fingerprint density at radius 3 is 2.63 bits per heavy atom. The molecule has 1 atom stereocenters. The van der Waals surface area contributed by atoms with Gasteiger partial charge in [0.05, 0.1) is 10.5 Å². The normalized spacial score (nSPS) is 12.5. The van der Waals surface area contributed by atoms with Crippen LogP contribution in [0.4, 0.5) is 0 Å². The van der Waals surface area contributed by atoms with Crippen molar-refractivity contribution >= 4 is 21.8 Å². The highest BCUT2D eigenvalue weighted by Gasteiger charge is 2.17. The van der Waals surface area contributed by atoms with Crippen molar-refractivity contribution in [2.45, 2.75) is 32.9 Å². The van der Waals surface area contributed by atoms with Gasteiger partial charge in [0, 0.05) is 13.6 Å². The fraction of sp³-hybridized carbons (Fsp3) is 0.500. The number of phenolic OH excluding ortho intramolecular Hbond substituents is 1. The van der Waals surface area contributed by atoms with Gasteiger partial charge in [0.1, 0.15) is 5.75 Å². The first-order valence-corrected chi connectivity index (χ1v) is 7.15. The molecule has 0 saturated carbocycles. The molecule has 4 nitrogen and oxygen atoms in total. The van der Waals surface area contributed by atoms with E-state index in [9.17, 15) is 9.90 Å². The van der Waals surface area contributed by atoms with Gasteiger partial charge in [-0.15, -0.1) is 0 Å². The predicted octanol–water partition coefficient (Wildman–Crippen LogP) is 2.40. The zero-order valence-corrected chi connectivity index (χ0v) is 13.1. The van der Waals surface area contributed by atoms with E-state index in [2.05, 4.69) is 40.4 Å². The van der Waals surface area contributed by atoms with Crippen LogP contribution in [0, 0.1) is 5.92 Å². The van der Waals surface area contributed by atoms with E-state index < -0.39 is 0 Å². The summed E-state index contributed by atoms with van der Waals surface area (Å²) in [6, 6.07) is 5.12. The number of carbonyl (C=O) groups excluding carboxylic acids is 1. The van der Waals surface area contributed by atoms with Crippen LogP contribution in [0.1, 0.15) is 25.8 Å².